The molecule has 3 aromatic rings. The smallest absolute Gasteiger partial charge is 0.343 e. The first-order valence-electron chi connectivity index (χ1n) is 15.4. The van der Waals surface area contributed by atoms with Crippen LogP contribution >= 0.6 is 0 Å². The summed E-state index contributed by atoms with van der Waals surface area (Å²) in [5.41, 5.74) is 1.45. The molecule has 1 unspecified atom stereocenters. The van der Waals surface area contributed by atoms with Crippen molar-refractivity contribution in [1.82, 2.24) is 0 Å². The van der Waals surface area contributed by atoms with Gasteiger partial charge in [-0.05, 0) is 66.2 Å². The number of benzene rings is 3. The lowest BCUT2D eigenvalue weighted by molar-refractivity contribution is -0.179. The lowest BCUT2D eigenvalue weighted by Crippen LogP contribution is -2.44. The molecule has 0 bridgehead atoms. The van der Waals surface area contributed by atoms with E-state index < -0.39 is 11.9 Å². The summed E-state index contributed by atoms with van der Waals surface area (Å²) in [6.45, 7) is 11.1. The van der Waals surface area contributed by atoms with Gasteiger partial charge in [0.25, 0.3) is 0 Å². The van der Waals surface area contributed by atoms with Gasteiger partial charge < -0.3 is 37.9 Å². The van der Waals surface area contributed by atoms with Crippen LogP contribution in [0.3, 0.4) is 0 Å². The highest BCUT2D eigenvalue weighted by molar-refractivity contribution is 5.91. The molecule has 0 amide bonds. The predicted molar refractivity (Wildman–Crippen MR) is 170 cm³/mol. The van der Waals surface area contributed by atoms with Crippen molar-refractivity contribution >= 4 is 11.9 Å². The SMILES string of the molecule is C=CC(=O)OCCOCCOc1ccc(C(=O)Oc2ccc(OCc3ccc(OC(CCC)OCC4(C)COC4)cc3)cc2)cc1. The molecule has 4 rings (SSSR count). The first kappa shape index (κ1) is 34.5. The molecule has 1 heterocycles. The Morgan fingerprint density at radius 3 is 2.13 bits per heavy atom. The van der Waals surface area contributed by atoms with Gasteiger partial charge in [-0.3, -0.25) is 0 Å². The molecule has 1 fully saturated rings. The van der Waals surface area contributed by atoms with E-state index in [9.17, 15) is 9.59 Å². The fourth-order valence-electron chi connectivity index (χ4n) is 4.26. The molecule has 1 aliphatic rings. The topological polar surface area (TPSA) is 108 Å². The Morgan fingerprint density at radius 2 is 1.48 bits per heavy atom. The van der Waals surface area contributed by atoms with Gasteiger partial charge in [-0.25, -0.2) is 9.59 Å². The van der Waals surface area contributed by atoms with E-state index in [0.29, 0.717) is 49.2 Å². The molecule has 46 heavy (non-hydrogen) atoms. The number of carbonyl (C=O) groups is 2. The molecule has 0 radical (unpaired) electrons. The van der Waals surface area contributed by atoms with E-state index in [0.717, 1.165) is 43.4 Å². The van der Waals surface area contributed by atoms with Crippen LogP contribution in [0, 0.1) is 5.41 Å². The summed E-state index contributed by atoms with van der Waals surface area (Å²) >= 11 is 0. The Hall–Kier alpha value is -4.38. The first-order valence-corrected chi connectivity index (χ1v) is 15.4. The van der Waals surface area contributed by atoms with E-state index >= 15 is 0 Å². The second-order valence-corrected chi connectivity index (χ2v) is 11.1. The number of ether oxygens (including phenoxy) is 8. The second-order valence-electron chi connectivity index (χ2n) is 11.1. The van der Waals surface area contributed by atoms with Crippen LogP contribution in [0.15, 0.2) is 85.5 Å². The van der Waals surface area contributed by atoms with Crippen molar-refractivity contribution in [3.05, 3.63) is 96.6 Å². The zero-order chi connectivity index (χ0) is 32.6. The molecule has 0 N–H and O–H groups in total. The normalized spacial score (nSPS) is 14.0. The van der Waals surface area contributed by atoms with Crippen LogP contribution in [0.2, 0.25) is 0 Å². The maximum absolute atomic E-state index is 12.6. The van der Waals surface area contributed by atoms with Crippen LogP contribution in [0.4, 0.5) is 0 Å². The Balaban J connectivity index is 1.14. The number of esters is 2. The minimum Gasteiger partial charge on any atom is -0.491 e. The first-order chi connectivity index (χ1) is 22.4. The summed E-state index contributed by atoms with van der Waals surface area (Å²) in [6.07, 6.45) is 2.58. The van der Waals surface area contributed by atoms with Crippen LogP contribution in [-0.4, -0.2) is 64.5 Å². The van der Waals surface area contributed by atoms with Crippen molar-refractivity contribution in [2.24, 2.45) is 5.41 Å². The maximum atomic E-state index is 12.6. The standard InChI is InChI=1S/C36H42O10/c1-4-6-34(44-26-36(3)24-40-25-36)45-31-11-7-27(8-12-31)23-43-30-15-17-32(18-16-30)46-35(38)28-9-13-29(14-10-28)41-21-19-39-20-22-42-33(37)5-2/h5,7-18,34H,2,4,6,19-26H2,1,3H3. The highest BCUT2D eigenvalue weighted by atomic mass is 16.7. The minimum atomic E-state index is -0.489. The zero-order valence-electron chi connectivity index (χ0n) is 26.4. The number of hydrogen-bond donors (Lipinski definition) is 0. The average Bonchev–Trinajstić information content (AvgIpc) is 3.06. The van der Waals surface area contributed by atoms with Crippen molar-refractivity contribution in [1.29, 1.82) is 0 Å². The van der Waals surface area contributed by atoms with Crippen LogP contribution in [-0.2, 0) is 30.3 Å². The molecule has 0 saturated carbocycles. The molecule has 1 atom stereocenters. The van der Waals surface area contributed by atoms with Gasteiger partial charge in [0.1, 0.15) is 42.8 Å². The molecule has 3 aromatic carbocycles. The van der Waals surface area contributed by atoms with Crippen molar-refractivity contribution in [2.75, 3.05) is 46.2 Å². The molecular formula is C36H42O10. The van der Waals surface area contributed by atoms with Crippen molar-refractivity contribution in [3.63, 3.8) is 0 Å². The Kier molecular flexibility index (Phi) is 13.5. The van der Waals surface area contributed by atoms with Gasteiger partial charge in [0, 0.05) is 17.9 Å². The summed E-state index contributed by atoms with van der Waals surface area (Å²) in [7, 11) is 0. The number of carbonyl (C=O) groups excluding carboxylic acids is 2. The summed E-state index contributed by atoms with van der Waals surface area (Å²) in [4.78, 5) is 23.6. The second kappa shape index (κ2) is 17.9. The summed E-state index contributed by atoms with van der Waals surface area (Å²) < 4.78 is 44.6. The fraction of sp³-hybridized carbons (Fsp3) is 0.389. The average molecular weight is 635 g/mol. The van der Waals surface area contributed by atoms with E-state index in [2.05, 4.69) is 20.4 Å². The molecule has 0 spiro atoms. The molecular weight excluding hydrogens is 592 g/mol. The highest BCUT2D eigenvalue weighted by Gasteiger charge is 2.34. The van der Waals surface area contributed by atoms with E-state index in [1.54, 1.807) is 48.5 Å². The fourth-order valence-corrected chi connectivity index (χ4v) is 4.26. The lowest BCUT2D eigenvalue weighted by Gasteiger charge is -2.38. The van der Waals surface area contributed by atoms with Gasteiger partial charge >= 0.3 is 11.9 Å². The Labute approximate surface area is 270 Å². The van der Waals surface area contributed by atoms with Gasteiger partial charge in [0.05, 0.1) is 38.6 Å². The Morgan fingerprint density at radius 1 is 0.848 bits per heavy atom. The summed E-state index contributed by atoms with van der Waals surface area (Å²) in [5, 5.41) is 0. The summed E-state index contributed by atoms with van der Waals surface area (Å²) in [5.74, 6) is 1.40. The lowest BCUT2D eigenvalue weighted by atomic mass is 9.90. The van der Waals surface area contributed by atoms with Gasteiger partial charge in [-0.1, -0.05) is 39.0 Å². The largest absolute Gasteiger partial charge is 0.491 e. The molecule has 246 valence electrons. The van der Waals surface area contributed by atoms with Gasteiger partial charge in [-0.2, -0.15) is 0 Å². The maximum Gasteiger partial charge on any atom is 0.343 e. The monoisotopic (exact) mass is 634 g/mol. The van der Waals surface area contributed by atoms with Crippen LogP contribution < -0.4 is 18.9 Å². The van der Waals surface area contributed by atoms with Crippen molar-refractivity contribution < 1.29 is 47.5 Å². The number of hydrogen-bond acceptors (Lipinski definition) is 10. The molecule has 1 saturated heterocycles. The number of rotatable bonds is 20. The third-order valence-electron chi connectivity index (χ3n) is 6.90. The van der Waals surface area contributed by atoms with Gasteiger partial charge in [0.15, 0.2) is 6.29 Å². The van der Waals surface area contributed by atoms with Crippen LogP contribution in [0.1, 0.15) is 42.6 Å². The third-order valence-corrected chi connectivity index (χ3v) is 6.90. The molecule has 10 nitrogen and oxygen atoms in total. The van der Waals surface area contributed by atoms with Crippen molar-refractivity contribution in [3.8, 4) is 23.0 Å². The third kappa shape index (κ3) is 11.5. The quantitative estimate of drug-likeness (QED) is 0.0471. The molecule has 10 heteroatoms. The molecule has 0 aromatic heterocycles. The van der Waals surface area contributed by atoms with E-state index in [1.807, 2.05) is 24.3 Å². The van der Waals surface area contributed by atoms with E-state index in [-0.39, 0.29) is 24.9 Å². The van der Waals surface area contributed by atoms with E-state index in [1.165, 1.54) is 0 Å². The highest BCUT2D eigenvalue weighted by Crippen LogP contribution is 2.28. The Bertz CT molecular complexity index is 1370. The minimum absolute atomic E-state index is 0.0740. The molecule has 1 aliphatic heterocycles. The van der Waals surface area contributed by atoms with Gasteiger partial charge in [0.2, 0.25) is 0 Å². The van der Waals surface area contributed by atoms with E-state index in [4.69, 9.17) is 37.9 Å². The van der Waals surface area contributed by atoms with Crippen LogP contribution in [0.5, 0.6) is 23.0 Å². The zero-order valence-corrected chi connectivity index (χ0v) is 26.4. The predicted octanol–water partition coefficient (Wildman–Crippen LogP) is 6.17. The van der Waals surface area contributed by atoms with Crippen LogP contribution in [0.25, 0.3) is 0 Å². The summed E-state index contributed by atoms with van der Waals surface area (Å²) in [6, 6.07) is 21.3. The van der Waals surface area contributed by atoms with Gasteiger partial charge in [-0.15, -0.1) is 0 Å². The molecule has 0 aliphatic carbocycles. The van der Waals surface area contributed by atoms with Crippen molar-refractivity contribution in [2.45, 2.75) is 39.6 Å².